The second-order valence-corrected chi connectivity index (χ2v) is 7.68. The maximum Gasteiger partial charge on any atom is 0.416 e. The molecule has 0 aliphatic carbocycles. The number of aliphatic hydroxyl groups is 1. The number of rotatable bonds is 2. The summed E-state index contributed by atoms with van der Waals surface area (Å²) in [4.78, 5) is 18.9. The van der Waals surface area contributed by atoms with E-state index in [1.54, 1.807) is 39.5 Å². The van der Waals surface area contributed by atoms with Crippen molar-refractivity contribution < 1.29 is 23.1 Å². The van der Waals surface area contributed by atoms with Gasteiger partial charge in [0, 0.05) is 32.0 Å². The van der Waals surface area contributed by atoms with E-state index in [0.29, 0.717) is 40.7 Å². The number of benzene rings is 1. The molecular weight excluding hydrogens is 411 g/mol. The van der Waals surface area contributed by atoms with E-state index in [1.165, 1.54) is 12.1 Å². The van der Waals surface area contributed by atoms with E-state index in [2.05, 4.69) is 10.1 Å². The molecule has 4 aromatic rings. The molecule has 1 aliphatic rings. The molecule has 1 amide bonds. The van der Waals surface area contributed by atoms with Crippen LogP contribution in [-0.2, 0) is 13.2 Å². The van der Waals surface area contributed by atoms with Gasteiger partial charge in [-0.25, -0.2) is 4.98 Å². The Morgan fingerprint density at radius 2 is 1.90 bits per heavy atom. The highest BCUT2D eigenvalue weighted by Crippen LogP contribution is 2.33. The molecule has 0 saturated carbocycles. The number of likely N-dealkylation sites (tertiary alicyclic amines) is 1. The van der Waals surface area contributed by atoms with Crippen LogP contribution in [0.25, 0.3) is 27.8 Å². The van der Waals surface area contributed by atoms with Crippen molar-refractivity contribution in [1.82, 2.24) is 24.2 Å². The van der Waals surface area contributed by atoms with Gasteiger partial charge in [-0.2, -0.15) is 18.3 Å². The van der Waals surface area contributed by atoms with Crippen LogP contribution in [0, 0.1) is 0 Å². The minimum atomic E-state index is -4.42. The number of carbonyl (C=O) groups excluding carboxylic acids is 1. The zero-order valence-corrected chi connectivity index (χ0v) is 16.5. The van der Waals surface area contributed by atoms with Gasteiger partial charge in [-0.3, -0.25) is 14.0 Å². The van der Waals surface area contributed by atoms with Gasteiger partial charge in [0.2, 0.25) is 0 Å². The van der Waals surface area contributed by atoms with Gasteiger partial charge in [-0.05, 0) is 42.8 Å². The smallest absolute Gasteiger partial charge is 0.391 e. The molecule has 160 valence electrons. The van der Waals surface area contributed by atoms with Crippen molar-refractivity contribution in [1.29, 1.82) is 0 Å². The number of carbonyl (C=O) groups is 1. The van der Waals surface area contributed by atoms with Crippen LogP contribution in [0.15, 0.2) is 42.6 Å². The molecule has 31 heavy (non-hydrogen) atoms. The molecule has 0 unspecified atom stereocenters. The number of pyridine rings is 1. The number of fused-ring (bicyclic) bond motifs is 3. The van der Waals surface area contributed by atoms with Crippen LogP contribution < -0.4 is 0 Å². The summed E-state index contributed by atoms with van der Waals surface area (Å²) in [7, 11) is 1.74. The van der Waals surface area contributed by atoms with Crippen molar-refractivity contribution >= 4 is 28.0 Å². The lowest BCUT2D eigenvalue weighted by atomic mass is 10.2. The maximum absolute atomic E-state index is 13.0. The standard InChI is InChI=1S/C21H18F3N5O2/c1-27-11-15-18-17(7-6-16(25-18)20(31)28-9-8-14(30)10-28)29(19(15)26-27)13-4-2-12(3-5-13)21(22,23)24/h2-7,11,14,30H,8-10H2,1H3/t14-/m0/s1. The fraction of sp³-hybridized carbons (Fsp3) is 0.286. The lowest BCUT2D eigenvalue weighted by molar-refractivity contribution is -0.137. The summed E-state index contributed by atoms with van der Waals surface area (Å²) in [6.07, 6.45) is -2.65. The summed E-state index contributed by atoms with van der Waals surface area (Å²) in [6, 6.07) is 8.15. The van der Waals surface area contributed by atoms with Crippen LogP contribution in [-0.4, -0.2) is 54.4 Å². The van der Waals surface area contributed by atoms with Gasteiger partial charge in [0.1, 0.15) is 11.2 Å². The predicted molar refractivity (Wildman–Crippen MR) is 107 cm³/mol. The average molecular weight is 429 g/mol. The zero-order chi connectivity index (χ0) is 21.9. The highest BCUT2D eigenvalue weighted by atomic mass is 19.4. The maximum atomic E-state index is 13.0. The van der Waals surface area contributed by atoms with Crippen LogP contribution in [0.5, 0.6) is 0 Å². The molecule has 1 saturated heterocycles. The molecule has 5 rings (SSSR count). The van der Waals surface area contributed by atoms with Crippen molar-refractivity contribution in [3.8, 4) is 5.69 Å². The predicted octanol–water partition coefficient (Wildman–Crippen LogP) is 3.14. The first-order chi connectivity index (χ1) is 14.7. The highest BCUT2D eigenvalue weighted by Gasteiger charge is 2.30. The SMILES string of the molecule is Cn1cc2c3nc(C(=O)N4CC[C@H](O)C4)ccc3n(-c3ccc(C(F)(F)F)cc3)c2n1. The minimum absolute atomic E-state index is 0.247. The van der Waals surface area contributed by atoms with Crippen molar-refractivity contribution in [3.63, 3.8) is 0 Å². The molecule has 10 heteroatoms. The normalized spacial score (nSPS) is 17.2. The largest absolute Gasteiger partial charge is 0.416 e. The Morgan fingerprint density at radius 3 is 2.55 bits per heavy atom. The number of hydrogen-bond acceptors (Lipinski definition) is 4. The summed E-state index contributed by atoms with van der Waals surface area (Å²) >= 11 is 0. The Labute approximate surface area is 174 Å². The molecule has 3 aromatic heterocycles. The number of aryl methyl sites for hydroxylation is 1. The molecule has 1 aliphatic heterocycles. The van der Waals surface area contributed by atoms with Crippen LogP contribution in [0.2, 0.25) is 0 Å². The first kappa shape index (κ1) is 19.6. The Bertz CT molecular complexity index is 1310. The summed E-state index contributed by atoms with van der Waals surface area (Å²) in [6.45, 7) is 0.738. The van der Waals surface area contributed by atoms with E-state index in [9.17, 15) is 23.1 Å². The topological polar surface area (TPSA) is 76.2 Å². The summed E-state index contributed by atoms with van der Waals surface area (Å²) in [5.41, 5.74) is 1.73. The van der Waals surface area contributed by atoms with E-state index in [1.807, 2.05) is 0 Å². The second kappa shape index (κ2) is 6.81. The van der Waals surface area contributed by atoms with Gasteiger partial charge in [-0.15, -0.1) is 0 Å². The molecule has 1 aromatic carbocycles. The van der Waals surface area contributed by atoms with Gasteiger partial charge in [0.05, 0.1) is 22.6 Å². The van der Waals surface area contributed by atoms with Gasteiger partial charge in [-0.1, -0.05) is 0 Å². The third-order valence-corrected chi connectivity index (χ3v) is 5.51. The number of nitrogens with zero attached hydrogens (tertiary/aromatic N) is 5. The van der Waals surface area contributed by atoms with Crippen molar-refractivity contribution in [2.45, 2.75) is 18.7 Å². The second-order valence-electron chi connectivity index (χ2n) is 7.68. The minimum Gasteiger partial charge on any atom is -0.391 e. The van der Waals surface area contributed by atoms with Crippen LogP contribution in [0.3, 0.4) is 0 Å². The summed E-state index contributed by atoms with van der Waals surface area (Å²) in [5, 5.41) is 14.8. The van der Waals surface area contributed by atoms with E-state index >= 15 is 0 Å². The quantitative estimate of drug-likeness (QED) is 0.531. The number of aliphatic hydroxyl groups excluding tert-OH is 1. The van der Waals surface area contributed by atoms with E-state index in [0.717, 1.165) is 12.1 Å². The number of hydrogen-bond donors (Lipinski definition) is 1. The molecule has 1 N–H and O–H groups in total. The number of halogens is 3. The molecule has 7 nitrogen and oxygen atoms in total. The Kier molecular flexibility index (Phi) is 4.30. The Balaban J connectivity index is 1.64. The molecule has 0 bridgehead atoms. The van der Waals surface area contributed by atoms with Crippen LogP contribution >= 0.6 is 0 Å². The number of aromatic nitrogens is 4. The summed E-state index contributed by atoms with van der Waals surface area (Å²) < 4.78 is 42.2. The number of β-amino-alcohol motifs (C(OH)–C–C–N with tert-alkyl or cyclic N) is 1. The molecule has 1 fully saturated rings. The van der Waals surface area contributed by atoms with Crippen LogP contribution in [0.1, 0.15) is 22.5 Å². The lowest BCUT2D eigenvalue weighted by Gasteiger charge is -2.15. The molecule has 0 radical (unpaired) electrons. The van der Waals surface area contributed by atoms with Gasteiger partial charge in [0.25, 0.3) is 5.91 Å². The zero-order valence-electron chi connectivity index (χ0n) is 16.5. The Hall–Kier alpha value is -3.40. The third kappa shape index (κ3) is 3.23. The fourth-order valence-electron chi connectivity index (χ4n) is 4.02. The third-order valence-electron chi connectivity index (χ3n) is 5.51. The highest BCUT2D eigenvalue weighted by molar-refractivity contribution is 6.07. The monoisotopic (exact) mass is 429 g/mol. The van der Waals surface area contributed by atoms with Crippen molar-refractivity contribution in [2.24, 2.45) is 7.05 Å². The van der Waals surface area contributed by atoms with Crippen LogP contribution in [0.4, 0.5) is 13.2 Å². The lowest BCUT2D eigenvalue weighted by Crippen LogP contribution is -2.30. The average Bonchev–Trinajstić information content (AvgIpc) is 3.40. The fourth-order valence-corrected chi connectivity index (χ4v) is 4.02. The van der Waals surface area contributed by atoms with Gasteiger partial charge in [0.15, 0.2) is 5.65 Å². The number of alkyl halides is 3. The van der Waals surface area contributed by atoms with Gasteiger partial charge < -0.3 is 10.0 Å². The van der Waals surface area contributed by atoms with E-state index in [-0.39, 0.29) is 18.1 Å². The van der Waals surface area contributed by atoms with Crippen molar-refractivity contribution in [2.75, 3.05) is 13.1 Å². The Morgan fingerprint density at radius 1 is 1.16 bits per heavy atom. The van der Waals surface area contributed by atoms with E-state index < -0.39 is 17.8 Å². The van der Waals surface area contributed by atoms with Crippen molar-refractivity contribution in [3.05, 3.63) is 53.9 Å². The van der Waals surface area contributed by atoms with Gasteiger partial charge >= 0.3 is 6.18 Å². The first-order valence-electron chi connectivity index (χ1n) is 9.72. The first-order valence-corrected chi connectivity index (χ1v) is 9.72. The molecule has 4 heterocycles. The number of amides is 1. The summed E-state index contributed by atoms with van der Waals surface area (Å²) in [5.74, 6) is -0.266. The van der Waals surface area contributed by atoms with E-state index in [4.69, 9.17) is 0 Å². The molecule has 0 spiro atoms. The molecule has 1 atom stereocenters. The molecular formula is C21H18F3N5O2.